The Morgan fingerprint density at radius 3 is 2.09 bits per heavy atom. The number of unbranched alkanes of at least 4 members (excludes halogenated alkanes) is 8. The lowest BCUT2D eigenvalue weighted by molar-refractivity contribution is -0.121. The van der Waals surface area contributed by atoms with Crippen LogP contribution in [0.2, 0.25) is 0 Å². The first-order valence-corrected chi connectivity index (χ1v) is 13.8. The standard InChI is InChI=1S/C26H45N3O4.CH4O/c1-2-3-12-17-28-23-24(26(32)25(23)31)29-19-18-27-22(30)16-10-8-6-4-5-7-9-14-21-15-11-13-20-33-21;1-2/h21,28-29H,2-20H2,1H3,(H,27,30);2H,1H3. The number of hydrogen-bond acceptors (Lipinski definition) is 7. The molecule has 4 N–H and O–H groups in total. The molecule has 1 aromatic carbocycles. The van der Waals surface area contributed by atoms with E-state index in [2.05, 4.69) is 22.9 Å². The van der Waals surface area contributed by atoms with Crippen LogP contribution in [0.5, 0.6) is 0 Å². The number of ether oxygens (including phenoxy) is 1. The molecule has 0 spiro atoms. The molecule has 1 unspecified atom stereocenters. The van der Waals surface area contributed by atoms with Crippen molar-refractivity contribution in [1.29, 1.82) is 0 Å². The summed E-state index contributed by atoms with van der Waals surface area (Å²) in [6.45, 7) is 4.64. The lowest BCUT2D eigenvalue weighted by atomic mass is 10.0. The highest BCUT2D eigenvalue weighted by atomic mass is 16.5. The van der Waals surface area contributed by atoms with E-state index in [-0.39, 0.29) is 5.91 Å². The van der Waals surface area contributed by atoms with E-state index in [9.17, 15) is 14.4 Å². The smallest absolute Gasteiger partial charge is 0.253 e. The highest BCUT2D eigenvalue weighted by Gasteiger charge is 2.19. The number of carbonyl (C=O) groups excluding carboxylic acids is 1. The minimum absolute atomic E-state index is 0.0483. The van der Waals surface area contributed by atoms with Crippen molar-refractivity contribution in [3.05, 3.63) is 20.4 Å². The zero-order chi connectivity index (χ0) is 25.7. The normalized spacial score (nSPS) is 15.3. The van der Waals surface area contributed by atoms with Crippen molar-refractivity contribution in [2.45, 2.75) is 109 Å². The van der Waals surface area contributed by atoms with E-state index in [1.807, 2.05) is 0 Å². The molecule has 1 aliphatic heterocycles. The van der Waals surface area contributed by atoms with Crippen LogP contribution in [0.3, 0.4) is 0 Å². The fourth-order valence-corrected chi connectivity index (χ4v) is 4.37. The second-order valence-corrected chi connectivity index (χ2v) is 9.32. The minimum atomic E-state index is -0.471. The number of aliphatic hydroxyl groups excluding tert-OH is 1. The van der Waals surface area contributed by atoms with Crippen molar-refractivity contribution < 1.29 is 14.6 Å². The summed E-state index contributed by atoms with van der Waals surface area (Å²) >= 11 is 0. The number of carbonyl (C=O) groups is 1. The topological polar surface area (TPSA) is 117 Å². The maximum atomic E-state index is 12.0. The van der Waals surface area contributed by atoms with Crippen LogP contribution in [0.1, 0.15) is 103 Å². The average Bonchev–Trinajstić information content (AvgIpc) is 2.89. The summed E-state index contributed by atoms with van der Waals surface area (Å²) in [7, 11) is 1.00. The van der Waals surface area contributed by atoms with E-state index in [1.54, 1.807) is 0 Å². The fraction of sp³-hybridized carbons (Fsp3) is 0.815. The van der Waals surface area contributed by atoms with Gasteiger partial charge in [-0.1, -0.05) is 58.3 Å². The molecule has 8 heteroatoms. The Balaban J connectivity index is 0.00000298. The molecule has 0 aliphatic carbocycles. The molecule has 1 amide bonds. The summed E-state index contributed by atoms with van der Waals surface area (Å²) in [6, 6.07) is 0. The largest absolute Gasteiger partial charge is 0.400 e. The SMILES string of the molecule is CCCCCNc1c(NCCNC(=O)CCCCCCCCCC2CCCCO2)c(=O)c1=O.CO. The van der Waals surface area contributed by atoms with Crippen molar-refractivity contribution >= 4 is 17.3 Å². The van der Waals surface area contributed by atoms with Gasteiger partial charge in [-0.2, -0.15) is 0 Å². The van der Waals surface area contributed by atoms with E-state index >= 15 is 0 Å². The number of aliphatic hydroxyl groups is 1. The summed E-state index contributed by atoms with van der Waals surface area (Å²) in [5.74, 6) is 0.0483. The Morgan fingerprint density at radius 2 is 1.46 bits per heavy atom. The number of anilines is 2. The Bertz CT molecular complexity index is 740. The van der Waals surface area contributed by atoms with Crippen LogP contribution in [0.4, 0.5) is 11.4 Å². The highest BCUT2D eigenvalue weighted by molar-refractivity contribution is 5.76. The molecule has 0 radical (unpaired) electrons. The van der Waals surface area contributed by atoms with Gasteiger partial charge in [0.25, 0.3) is 10.9 Å². The molecule has 0 aromatic heterocycles. The van der Waals surface area contributed by atoms with E-state index in [0.29, 0.717) is 43.5 Å². The molecule has 0 bridgehead atoms. The molecule has 1 atom stereocenters. The number of nitrogens with one attached hydrogen (secondary N) is 3. The second kappa shape index (κ2) is 20.3. The van der Waals surface area contributed by atoms with Crippen molar-refractivity contribution in [1.82, 2.24) is 5.32 Å². The third-order valence-corrected chi connectivity index (χ3v) is 6.45. The highest BCUT2D eigenvalue weighted by Crippen LogP contribution is 2.19. The maximum Gasteiger partial charge on any atom is 0.253 e. The Hall–Kier alpha value is -1.93. The van der Waals surface area contributed by atoms with Crippen LogP contribution in [0.15, 0.2) is 9.59 Å². The molecule has 1 aromatic rings. The minimum Gasteiger partial charge on any atom is -0.400 e. The van der Waals surface area contributed by atoms with Crippen molar-refractivity contribution in [2.75, 3.05) is 44.0 Å². The van der Waals surface area contributed by atoms with Crippen LogP contribution >= 0.6 is 0 Å². The summed E-state index contributed by atoms with van der Waals surface area (Å²) in [5, 5.41) is 15.9. The van der Waals surface area contributed by atoms with Gasteiger partial charge >= 0.3 is 0 Å². The lowest BCUT2D eigenvalue weighted by Crippen LogP contribution is -2.39. The van der Waals surface area contributed by atoms with Crippen molar-refractivity contribution in [3.63, 3.8) is 0 Å². The quantitative estimate of drug-likeness (QED) is 0.169. The summed E-state index contributed by atoms with van der Waals surface area (Å²) < 4.78 is 5.78. The molecule has 1 saturated heterocycles. The van der Waals surface area contributed by atoms with Crippen LogP contribution in [0.25, 0.3) is 0 Å². The first-order valence-electron chi connectivity index (χ1n) is 13.8. The molecule has 8 nitrogen and oxygen atoms in total. The first kappa shape index (κ1) is 31.1. The molecule has 202 valence electrons. The molecule has 1 aliphatic rings. The van der Waals surface area contributed by atoms with E-state index in [1.165, 1.54) is 57.8 Å². The van der Waals surface area contributed by atoms with Crippen LogP contribution in [0, 0.1) is 0 Å². The number of hydrogen-bond donors (Lipinski definition) is 4. The van der Waals surface area contributed by atoms with Gasteiger partial charge in [-0.25, -0.2) is 0 Å². The van der Waals surface area contributed by atoms with Gasteiger partial charge in [0.05, 0.1) is 6.10 Å². The molecular weight excluding hydrogens is 446 g/mol. The predicted molar refractivity (Wildman–Crippen MR) is 144 cm³/mol. The van der Waals surface area contributed by atoms with E-state index in [0.717, 1.165) is 45.8 Å². The van der Waals surface area contributed by atoms with Crippen LogP contribution < -0.4 is 26.8 Å². The summed E-state index contributed by atoms with van der Waals surface area (Å²) in [4.78, 5) is 35.4. The molecular formula is C27H49N3O5. The van der Waals surface area contributed by atoms with Gasteiger partial charge in [0.15, 0.2) is 0 Å². The number of rotatable bonds is 19. The van der Waals surface area contributed by atoms with Gasteiger partial charge in [0, 0.05) is 39.8 Å². The molecule has 2 rings (SSSR count). The van der Waals surface area contributed by atoms with Gasteiger partial charge < -0.3 is 25.8 Å². The van der Waals surface area contributed by atoms with Gasteiger partial charge in [-0.15, -0.1) is 0 Å². The predicted octanol–water partition coefficient (Wildman–Crippen LogP) is 4.10. The first-order chi connectivity index (χ1) is 17.1. The van der Waals surface area contributed by atoms with E-state index < -0.39 is 10.9 Å². The van der Waals surface area contributed by atoms with E-state index in [4.69, 9.17) is 9.84 Å². The zero-order valence-electron chi connectivity index (χ0n) is 22.1. The van der Waals surface area contributed by atoms with Gasteiger partial charge in [-0.3, -0.25) is 14.4 Å². The Kier molecular flexibility index (Phi) is 18.0. The summed E-state index contributed by atoms with van der Waals surface area (Å²) in [6.07, 6.45) is 17.5. The molecule has 0 saturated carbocycles. The molecule has 1 fully saturated rings. The molecule has 35 heavy (non-hydrogen) atoms. The maximum absolute atomic E-state index is 12.0. The van der Waals surface area contributed by atoms with Gasteiger partial charge in [0.2, 0.25) is 5.91 Å². The zero-order valence-corrected chi connectivity index (χ0v) is 22.1. The molecule has 1 heterocycles. The third-order valence-electron chi connectivity index (χ3n) is 6.45. The van der Waals surface area contributed by atoms with Crippen LogP contribution in [-0.2, 0) is 9.53 Å². The average molecular weight is 496 g/mol. The monoisotopic (exact) mass is 495 g/mol. The summed E-state index contributed by atoms with van der Waals surface area (Å²) in [5.41, 5.74) is -0.167. The number of amides is 1. The van der Waals surface area contributed by atoms with Crippen LogP contribution in [-0.4, -0.2) is 50.5 Å². The van der Waals surface area contributed by atoms with Crippen molar-refractivity contribution in [3.8, 4) is 0 Å². The van der Waals surface area contributed by atoms with Gasteiger partial charge in [0.1, 0.15) is 11.4 Å². The van der Waals surface area contributed by atoms with Gasteiger partial charge in [-0.05, 0) is 38.5 Å². The van der Waals surface area contributed by atoms with Crippen molar-refractivity contribution in [2.24, 2.45) is 0 Å². The Labute approximate surface area is 211 Å². The Morgan fingerprint density at radius 1 is 0.829 bits per heavy atom. The fourth-order valence-electron chi connectivity index (χ4n) is 4.37. The third kappa shape index (κ3) is 13.1. The lowest BCUT2D eigenvalue weighted by Gasteiger charge is -2.22. The second-order valence-electron chi connectivity index (χ2n) is 9.32.